The van der Waals surface area contributed by atoms with Crippen LogP contribution >= 0.6 is 23.2 Å². The molecule has 0 saturated carbocycles. The van der Waals surface area contributed by atoms with Crippen molar-refractivity contribution >= 4 is 35.1 Å². The van der Waals surface area contributed by atoms with E-state index < -0.39 is 23.4 Å². The van der Waals surface area contributed by atoms with Crippen molar-refractivity contribution in [3.63, 3.8) is 0 Å². The van der Waals surface area contributed by atoms with Gasteiger partial charge in [0.25, 0.3) is 0 Å². The fourth-order valence-corrected chi connectivity index (χ4v) is 2.17. The summed E-state index contributed by atoms with van der Waals surface area (Å²) in [6.45, 7) is 2.12. The molecule has 0 aromatic rings. The van der Waals surface area contributed by atoms with Crippen LogP contribution in [0.25, 0.3) is 0 Å². The molecule has 0 rings (SSSR count). The van der Waals surface area contributed by atoms with E-state index in [1.54, 1.807) is 0 Å². The minimum atomic E-state index is -0.945. The lowest BCUT2D eigenvalue weighted by molar-refractivity contribution is -0.139. The number of aliphatic hydroxyl groups is 1. The van der Waals surface area contributed by atoms with Crippen LogP contribution in [0.2, 0.25) is 0 Å². The van der Waals surface area contributed by atoms with Gasteiger partial charge in [0, 0.05) is 5.88 Å². The molecule has 0 aliphatic heterocycles. The van der Waals surface area contributed by atoms with Gasteiger partial charge in [0.1, 0.15) is 5.38 Å². The molecule has 0 amide bonds. The van der Waals surface area contributed by atoms with Gasteiger partial charge in [-0.15, -0.1) is 23.2 Å². The summed E-state index contributed by atoms with van der Waals surface area (Å²) >= 11 is 10.9. The summed E-state index contributed by atoms with van der Waals surface area (Å²) in [5.41, 5.74) is 0. The first-order valence-corrected chi connectivity index (χ1v) is 9.14. The second kappa shape index (κ2) is 17.8. The number of unbranched alkanes of at least 4 members (excludes halogenated alkanes) is 5. The number of aliphatic carboxylic acids is 2. The van der Waals surface area contributed by atoms with E-state index in [0.717, 1.165) is 32.1 Å². The van der Waals surface area contributed by atoms with Crippen LogP contribution in [0.15, 0.2) is 0 Å². The van der Waals surface area contributed by atoms with E-state index in [1.165, 1.54) is 12.8 Å². The molecule has 0 radical (unpaired) electrons. The van der Waals surface area contributed by atoms with Crippen molar-refractivity contribution in [2.45, 2.75) is 82.6 Å². The van der Waals surface area contributed by atoms with Gasteiger partial charge in [-0.25, -0.2) is 0 Å². The lowest BCUT2D eigenvalue weighted by Gasteiger charge is -2.06. The zero-order chi connectivity index (χ0) is 18.1. The zero-order valence-electron chi connectivity index (χ0n) is 13.8. The van der Waals surface area contributed by atoms with Gasteiger partial charge in [-0.1, -0.05) is 45.4 Å². The molecule has 7 heteroatoms. The van der Waals surface area contributed by atoms with Crippen molar-refractivity contribution in [2.75, 3.05) is 5.88 Å². The SMILES string of the molecule is CCCCCCC(Cl)C(=O)O.O=C(O)CC(O)CCCCCCl. The maximum Gasteiger partial charge on any atom is 0.321 e. The Morgan fingerprint density at radius 1 is 0.957 bits per heavy atom. The van der Waals surface area contributed by atoms with E-state index in [-0.39, 0.29) is 6.42 Å². The second-order valence-electron chi connectivity index (χ2n) is 5.45. The van der Waals surface area contributed by atoms with E-state index in [9.17, 15) is 9.59 Å². The predicted octanol–water partition coefficient (Wildman–Crippen LogP) is 4.27. The Kier molecular flexibility index (Phi) is 19.2. The van der Waals surface area contributed by atoms with Gasteiger partial charge in [0.2, 0.25) is 0 Å². The number of carboxylic acids is 2. The first-order chi connectivity index (χ1) is 10.8. The number of rotatable bonds is 13. The first-order valence-electron chi connectivity index (χ1n) is 8.17. The zero-order valence-corrected chi connectivity index (χ0v) is 15.4. The molecule has 0 spiro atoms. The number of carboxylic acid groups (broad SMARTS) is 2. The van der Waals surface area contributed by atoms with Gasteiger partial charge >= 0.3 is 11.9 Å². The van der Waals surface area contributed by atoms with Crippen LogP contribution in [-0.4, -0.2) is 44.6 Å². The third-order valence-electron chi connectivity index (χ3n) is 3.16. The van der Waals surface area contributed by atoms with Gasteiger partial charge in [-0.05, 0) is 19.3 Å². The standard InChI is InChI=1S/C8H15ClO3.C8H15ClO2/c9-5-3-1-2-4-7(10)6-8(11)12;1-2-3-4-5-6-7(9)8(10)11/h7,10H,1-6H2,(H,11,12);7H,2-6H2,1H3,(H,10,11). The van der Waals surface area contributed by atoms with Crippen molar-refractivity contribution < 1.29 is 24.9 Å². The Hall–Kier alpha value is -0.520. The van der Waals surface area contributed by atoms with E-state index in [0.29, 0.717) is 18.7 Å². The monoisotopic (exact) mass is 372 g/mol. The summed E-state index contributed by atoms with van der Waals surface area (Å²) in [5.74, 6) is -1.21. The van der Waals surface area contributed by atoms with E-state index in [1.807, 2.05) is 0 Å². The van der Waals surface area contributed by atoms with Crippen LogP contribution in [-0.2, 0) is 9.59 Å². The highest BCUT2D eigenvalue weighted by Crippen LogP contribution is 2.10. The Bertz CT molecular complexity index is 300. The molecular formula is C16H30Cl2O5. The average molecular weight is 373 g/mol. The van der Waals surface area contributed by atoms with Crippen LogP contribution in [0.3, 0.4) is 0 Å². The van der Waals surface area contributed by atoms with E-state index in [2.05, 4.69) is 6.92 Å². The number of aliphatic hydroxyl groups excluding tert-OH is 1. The summed E-state index contributed by atoms with van der Waals surface area (Å²) in [6.07, 6.45) is 7.40. The largest absolute Gasteiger partial charge is 0.481 e. The molecule has 0 fully saturated rings. The molecular weight excluding hydrogens is 343 g/mol. The highest BCUT2D eigenvalue weighted by atomic mass is 35.5. The minimum Gasteiger partial charge on any atom is -0.481 e. The molecule has 0 aliphatic rings. The van der Waals surface area contributed by atoms with Crippen LogP contribution in [0.4, 0.5) is 0 Å². The Labute approximate surface area is 149 Å². The summed E-state index contributed by atoms with van der Waals surface area (Å²) in [4.78, 5) is 20.3. The third kappa shape index (κ3) is 21.5. The van der Waals surface area contributed by atoms with Gasteiger partial charge in [-0.3, -0.25) is 9.59 Å². The average Bonchev–Trinajstić information content (AvgIpc) is 2.48. The van der Waals surface area contributed by atoms with Crippen LogP contribution < -0.4 is 0 Å². The molecule has 0 heterocycles. The molecule has 0 bridgehead atoms. The van der Waals surface area contributed by atoms with Gasteiger partial charge in [0.15, 0.2) is 0 Å². The Morgan fingerprint density at radius 2 is 1.52 bits per heavy atom. The third-order valence-corrected chi connectivity index (χ3v) is 3.83. The molecule has 0 aromatic heterocycles. The summed E-state index contributed by atoms with van der Waals surface area (Å²) in [5, 5.41) is 25.1. The first kappa shape index (κ1) is 24.7. The molecule has 23 heavy (non-hydrogen) atoms. The topological polar surface area (TPSA) is 94.8 Å². The van der Waals surface area contributed by atoms with E-state index in [4.69, 9.17) is 38.5 Å². The Balaban J connectivity index is 0. The molecule has 0 saturated heterocycles. The molecule has 2 atom stereocenters. The molecule has 2 unspecified atom stereocenters. The van der Waals surface area contributed by atoms with Crippen LogP contribution in [0.5, 0.6) is 0 Å². The number of carbonyl (C=O) groups is 2. The maximum atomic E-state index is 10.2. The maximum absolute atomic E-state index is 10.2. The summed E-state index contributed by atoms with van der Waals surface area (Å²) < 4.78 is 0. The quantitative estimate of drug-likeness (QED) is 0.331. The summed E-state index contributed by atoms with van der Waals surface area (Å²) in [7, 11) is 0. The van der Waals surface area contributed by atoms with Crippen molar-refractivity contribution in [1.82, 2.24) is 0 Å². The highest BCUT2D eigenvalue weighted by Gasteiger charge is 2.11. The van der Waals surface area contributed by atoms with Gasteiger partial charge < -0.3 is 15.3 Å². The number of hydrogen-bond acceptors (Lipinski definition) is 3. The second-order valence-corrected chi connectivity index (χ2v) is 6.35. The van der Waals surface area contributed by atoms with Crippen LogP contribution in [0, 0.1) is 0 Å². The van der Waals surface area contributed by atoms with Gasteiger partial charge in [-0.2, -0.15) is 0 Å². The fourth-order valence-electron chi connectivity index (χ4n) is 1.83. The summed E-state index contributed by atoms with van der Waals surface area (Å²) in [6, 6.07) is 0. The fraction of sp³-hybridized carbons (Fsp3) is 0.875. The lowest BCUT2D eigenvalue weighted by atomic mass is 10.1. The molecule has 138 valence electrons. The van der Waals surface area contributed by atoms with Crippen molar-refractivity contribution in [3.8, 4) is 0 Å². The van der Waals surface area contributed by atoms with Crippen molar-refractivity contribution in [2.24, 2.45) is 0 Å². The van der Waals surface area contributed by atoms with Crippen molar-refractivity contribution in [1.29, 1.82) is 0 Å². The Morgan fingerprint density at radius 3 is 2.00 bits per heavy atom. The molecule has 0 aromatic carbocycles. The number of alkyl halides is 2. The predicted molar refractivity (Wildman–Crippen MR) is 93.5 cm³/mol. The molecule has 5 nitrogen and oxygen atoms in total. The van der Waals surface area contributed by atoms with E-state index >= 15 is 0 Å². The minimum absolute atomic E-state index is 0.152. The number of hydrogen-bond donors (Lipinski definition) is 3. The molecule has 0 aliphatic carbocycles. The van der Waals surface area contributed by atoms with Crippen LogP contribution in [0.1, 0.15) is 71.1 Å². The lowest BCUT2D eigenvalue weighted by Crippen LogP contribution is -2.12. The van der Waals surface area contributed by atoms with Crippen molar-refractivity contribution in [3.05, 3.63) is 0 Å². The van der Waals surface area contributed by atoms with Gasteiger partial charge in [0.05, 0.1) is 12.5 Å². The normalized spacial score (nSPS) is 12.9. The smallest absolute Gasteiger partial charge is 0.321 e. The molecule has 3 N–H and O–H groups in total. The number of halogens is 2. The highest BCUT2D eigenvalue weighted by molar-refractivity contribution is 6.29.